The molecule has 2 atom stereocenters. The minimum absolute atomic E-state index is 0.00953. The molecule has 2 heterocycles. The molecule has 0 spiro atoms. The van der Waals surface area contributed by atoms with E-state index in [2.05, 4.69) is 5.10 Å². The Kier molecular flexibility index (Phi) is 6.07. The summed E-state index contributed by atoms with van der Waals surface area (Å²) < 4.78 is 58.0. The van der Waals surface area contributed by atoms with E-state index < -0.39 is 48.6 Å². The molecule has 0 aliphatic carbocycles. The first-order chi connectivity index (χ1) is 16.1. The molecule has 2 aromatic carbocycles. The first kappa shape index (κ1) is 23.7. The van der Waals surface area contributed by atoms with E-state index in [1.807, 2.05) is 0 Å². The summed E-state index contributed by atoms with van der Waals surface area (Å²) in [6.45, 7) is 2.06. The van der Waals surface area contributed by atoms with Gasteiger partial charge in [-0.2, -0.15) is 17.9 Å². The average molecular weight is 478 g/mol. The Morgan fingerprint density at radius 1 is 1.18 bits per heavy atom. The van der Waals surface area contributed by atoms with E-state index >= 15 is 0 Å². The molecule has 7 nitrogen and oxygen atoms in total. The molecule has 180 valence electrons. The number of carbonyl (C=O) groups is 1. The zero-order valence-electron chi connectivity index (χ0n) is 18.4. The fourth-order valence-electron chi connectivity index (χ4n) is 4.28. The van der Waals surface area contributed by atoms with E-state index in [-0.39, 0.29) is 34.9 Å². The SMILES string of the molecule is CCn1c(CO)nn(-c2ccc3c(c2)C(C(C)C(F)(F)F)CN(c2ccccc2F)C3=O)c1=O. The van der Waals surface area contributed by atoms with Gasteiger partial charge in [0, 0.05) is 24.6 Å². The number of hydrogen-bond donors (Lipinski definition) is 1. The Balaban J connectivity index is 1.88. The number of hydrogen-bond acceptors (Lipinski definition) is 4. The lowest BCUT2D eigenvalue weighted by molar-refractivity contribution is -0.175. The Labute approximate surface area is 191 Å². The van der Waals surface area contributed by atoms with Gasteiger partial charge in [0.1, 0.15) is 12.4 Å². The molecule has 34 heavy (non-hydrogen) atoms. The van der Waals surface area contributed by atoms with Crippen LogP contribution in [0, 0.1) is 11.7 Å². The summed E-state index contributed by atoms with van der Waals surface area (Å²) >= 11 is 0. The minimum atomic E-state index is -4.58. The van der Waals surface area contributed by atoms with Crippen LogP contribution in [0.4, 0.5) is 23.2 Å². The van der Waals surface area contributed by atoms with E-state index in [1.165, 1.54) is 41.0 Å². The normalized spacial score (nSPS) is 17.1. The summed E-state index contributed by atoms with van der Waals surface area (Å²) in [5.41, 5.74) is -0.417. The molecule has 1 aliphatic rings. The van der Waals surface area contributed by atoms with Crippen molar-refractivity contribution < 1.29 is 27.5 Å². The summed E-state index contributed by atoms with van der Waals surface area (Å²) in [5, 5.41) is 13.6. The third-order valence-electron chi connectivity index (χ3n) is 6.19. The number of aliphatic hydroxyl groups excluding tert-OH is 1. The number of para-hydroxylation sites is 1. The highest BCUT2D eigenvalue weighted by atomic mass is 19.4. The summed E-state index contributed by atoms with van der Waals surface area (Å²) in [4.78, 5) is 26.9. The monoisotopic (exact) mass is 478 g/mol. The number of amides is 1. The first-order valence-corrected chi connectivity index (χ1v) is 10.7. The third kappa shape index (κ3) is 3.89. The minimum Gasteiger partial charge on any atom is -0.388 e. The van der Waals surface area contributed by atoms with Crippen LogP contribution in [-0.2, 0) is 13.2 Å². The Morgan fingerprint density at radius 2 is 1.88 bits per heavy atom. The van der Waals surface area contributed by atoms with Crippen LogP contribution in [0.2, 0.25) is 0 Å². The van der Waals surface area contributed by atoms with E-state index in [9.17, 15) is 32.3 Å². The number of benzene rings is 2. The average Bonchev–Trinajstić information content (AvgIpc) is 3.14. The fraction of sp³-hybridized carbons (Fsp3) is 0.348. The number of carbonyl (C=O) groups excluding carboxylic acids is 1. The Hall–Kier alpha value is -3.47. The second-order valence-electron chi connectivity index (χ2n) is 8.09. The molecule has 2 unspecified atom stereocenters. The molecule has 0 radical (unpaired) electrons. The predicted molar refractivity (Wildman–Crippen MR) is 115 cm³/mol. The molecule has 0 saturated heterocycles. The van der Waals surface area contributed by atoms with E-state index in [0.717, 1.165) is 22.6 Å². The van der Waals surface area contributed by atoms with Gasteiger partial charge in [0.25, 0.3) is 5.91 Å². The van der Waals surface area contributed by atoms with Crippen molar-refractivity contribution in [2.24, 2.45) is 5.92 Å². The smallest absolute Gasteiger partial charge is 0.388 e. The van der Waals surface area contributed by atoms with Gasteiger partial charge in [-0.15, -0.1) is 5.10 Å². The number of fused-ring (bicyclic) bond motifs is 1. The highest BCUT2D eigenvalue weighted by Crippen LogP contribution is 2.43. The molecule has 11 heteroatoms. The van der Waals surface area contributed by atoms with Crippen LogP contribution >= 0.6 is 0 Å². The fourth-order valence-corrected chi connectivity index (χ4v) is 4.28. The van der Waals surface area contributed by atoms with Gasteiger partial charge in [-0.25, -0.2) is 9.18 Å². The molecule has 0 fully saturated rings. The van der Waals surface area contributed by atoms with Crippen LogP contribution in [0.1, 0.15) is 41.5 Å². The number of aliphatic hydroxyl groups is 1. The maximum atomic E-state index is 14.4. The van der Waals surface area contributed by atoms with Gasteiger partial charge < -0.3 is 10.0 Å². The van der Waals surface area contributed by atoms with Crippen LogP contribution in [0.15, 0.2) is 47.3 Å². The number of alkyl halides is 3. The van der Waals surface area contributed by atoms with E-state index in [4.69, 9.17) is 0 Å². The second kappa shape index (κ2) is 8.71. The van der Waals surface area contributed by atoms with Gasteiger partial charge >= 0.3 is 11.9 Å². The Morgan fingerprint density at radius 3 is 2.47 bits per heavy atom. The standard InChI is InChI=1S/C23H22F4N4O3/c1-3-29-20(12-32)28-31(22(29)34)14-8-9-15-16(10-14)17(13(2)23(25,26)27)11-30(21(15)33)19-7-5-4-6-18(19)24/h4-10,13,17,32H,3,11-12H2,1-2H3. The van der Waals surface area contributed by atoms with Crippen LogP contribution < -0.4 is 10.6 Å². The van der Waals surface area contributed by atoms with Crippen molar-refractivity contribution in [1.82, 2.24) is 14.3 Å². The van der Waals surface area contributed by atoms with E-state index in [0.29, 0.717) is 0 Å². The highest BCUT2D eigenvalue weighted by Gasteiger charge is 2.46. The van der Waals surface area contributed by atoms with Gasteiger partial charge in [-0.1, -0.05) is 19.1 Å². The predicted octanol–water partition coefficient (Wildman–Crippen LogP) is 3.63. The largest absolute Gasteiger partial charge is 0.392 e. The lowest BCUT2D eigenvalue weighted by Crippen LogP contribution is -2.44. The molecule has 1 aliphatic heterocycles. The number of aromatic nitrogens is 3. The van der Waals surface area contributed by atoms with Crippen LogP contribution in [-0.4, -0.2) is 38.1 Å². The van der Waals surface area contributed by atoms with Crippen molar-refractivity contribution in [1.29, 1.82) is 0 Å². The quantitative estimate of drug-likeness (QED) is 0.568. The van der Waals surface area contributed by atoms with Crippen molar-refractivity contribution in [2.75, 3.05) is 11.4 Å². The van der Waals surface area contributed by atoms with Gasteiger partial charge in [0.05, 0.1) is 17.3 Å². The number of anilines is 1. The molecule has 0 bridgehead atoms. The van der Waals surface area contributed by atoms with Crippen LogP contribution in [0.5, 0.6) is 0 Å². The van der Waals surface area contributed by atoms with Gasteiger partial charge in [-0.3, -0.25) is 9.36 Å². The molecule has 0 saturated carbocycles. The number of rotatable bonds is 5. The molecule has 1 aromatic heterocycles. The summed E-state index contributed by atoms with van der Waals surface area (Å²) in [7, 11) is 0. The molecular formula is C23H22F4N4O3. The lowest BCUT2D eigenvalue weighted by Gasteiger charge is -2.38. The number of nitrogens with zero attached hydrogens (tertiary/aromatic N) is 4. The van der Waals surface area contributed by atoms with Gasteiger partial charge in [-0.05, 0) is 42.8 Å². The van der Waals surface area contributed by atoms with Crippen molar-refractivity contribution in [3.05, 3.63) is 75.7 Å². The maximum Gasteiger partial charge on any atom is 0.392 e. The van der Waals surface area contributed by atoms with Crippen LogP contribution in [0.25, 0.3) is 5.69 Å². The zero-order chi connectivity index (χ0) is 24.8. The first-order valence-electron chi connectivity index (χ1n) is 10.7. The van der Waals surface area contributed by atoms with Crippen molar-refractivity contribution in [2.45, 2.75) is 39.1 Å². The molecule has 4 rings (SSSR count). The molecular weight excluding hydrogens is 456 g/mol. The maximum absolute atomic E-state index is 14.4. The van der Waals surface area contributed by atoms with Crippen molar-refractivity contribution in [3.63, 3.8) is 0 Å². The Bertz CT molecular complexity index is 1300. The molecule has 1 N–H and O–H groups in total. The van der Waals surface area contributed by atoms with E-state index in [1.54, 1.807) is 6.92 Å². The topological polar surface area (TPSA) is 80.4 Å². The van der Waals surface area contributed by atoms with Crippen molar-refractivity contribution >= 4 is 11.6 Å². The summed E-state index contributed by atoms with van der Waals surface area (Å²) in [6.07, 6.45) is -4.58. The highest BCUT2D eigenvalue weighted by molar-refractivity contribution is 6.08. The van der Waals surface area contributed by atoms with Crippen LogP contribution in [0.3, 0.4) is 0 Å². The third-order valence-corrected chi connectivity index (χ3v) is 6.19. The lowest BCUT2D eigenvalue weighted by atomic mass is 9.80. The summed E-state index contributed by atoms with van der Waals surface area (Å²) in [6, 6.07) is 9.47. The number of halogens is 4. The zero-order valence-corrected chi connectivity index (χ0v) is 18.4. The molecule has 3 aromatic rings. The van der Waals surface area contributed by atoms with Crippen molar-refractivity contribution in [3.8, 4) is 5.69 Å². The van der Waals surface area contributed by atoms with Gasteiger partial charge in [0.2, 0.25) is 0 Å². The van der Waals surface area contributed by atoms with Gasteiger partial charge in [0.15, 0.2) is 5.82 Å². The summed E-state index contributed by atoms with van der Waals surface area (Å²) in [5.74, 6) is -4.33. The second-order valence-corrected chi connectivity index (χ2v) is 8.09. The molecule has 1 amide bonds.